The predicted molar refractivity (Wildman–Crippen MR) is 86.2 cm³/mol. The lowest BCUT2D eigenvalue weighted by Crippen LogP contribution is -2.41. The van der Waals surface area contributed by atoms with E-state index in [0.717, 1.165) is 6.42 Å². The highest BCUT2D eigenvalue weighted by Gasteiger charge is 2.26. The van der Waals surface area contributed by atoms with Gasteiger partial charge in [0.25, 0.3) is 0 Å². The van der Waals surface area contributed by atoms with Gasteiger partial charge in [-0.15, -0.1) is 11.3 Å². The normalized spacial score (nSPS) is 24.9. The molecule has 1 aliphatic carbocycles. The fourth-order valence-electron chi connectivity index (χ4n) is 3.26. The van der Waals surface area contributed by atoms with E-state index in [1.165, 1.54) is 34.2 Å². The fourth-order valence-corrected chi connectivity index (χ4v) is 4.34. The van der Waals surface area contributed by atoms with Crippen LogP contribution in [0.2, 0.25) is 0 Å². The van der Waals surface area contributed by atoms with Crippen molar-refractivity contribution in [3.05, 3.63) is 35.2 Å². The molecule has 0 radical (unpaired) electrons. The van der Waals surface area contributed by atoms with Crippen molar-refractivity contribution in [3.8, 4) is 0 Å². The van der Waals surface area contributed by atoms with Gasteiger partial charge in [0.1, 0.15) is 0 Å². The van der Waals surface area contributed by atoms with Crippen molar-refractivity contribution >= 4 is 21.4 Å². The molecule has 3 unspecified atom stereocenters. The molecule has 3 rings (SSSR count). The second kappa shape index (κ2) is 6.25. The molecule has 3 atom stereocenters. The number of hydrogen-bond acceptors (Lipinski definition) is 3. The van der Waals surface area contributed by atoms with Crippen LogP contribution >= 0.6 is 11.3 Å². The molecular formula is C17H23NOS. The smallest absolute Gasteiger partial charge is 0.0474 e. The zero-order valence-electron chi connectivity index (χ0n) is 12.0. The first-order valence-corrected chi connectivity index (χ1v) is 8.45. The third-order valence-electron chi connectivity index (χ3n) is 4.48. The van der Waals surface area contributed by atoms with Crippen LogP contribution < -0.4 is 5.32 Å². The fraction of sp³-hybridized carbons (Fsp3) is 0.529. The minimum atomic E-state index is 0.316. The third kappa shape index (κ3) is 2.90. The Bertz CT molecular complexity index is 532. The number of thiophene rings is 1. The number of rotatable bonds is 4. The molecule has 0 amide bonds. The maximum atomic E-state index is 9.52. The Morgan fingerprint density at radius 1 is 1.30 bits per heavy atom. The molecule has 0 aliphatic heterocycles. The molecule has 1 fully saturated rings. The summed E-state index contributed by atoms with van der Waals surface area (Å²) < 4.78 is 1.36. The first-order valence-electron chi connectivity index (χ1n) is 7.63. The molecule has 108 valence electrons. The maximum Gasteiger partial charge on any atom is 0.0474 e. The number of hydrogen-bond donors (Lipinski definition) is 2. The molecule has 0 saturated heterocycles. The van der Waals surface area contributed by atoms with Crippen molar-refractivity contribution in [1.82, 2.24) is 5.32 Å². The first-order chi connectivity index (χ1) is 9.78. The van der Waals surface area contributed by atoms with E-state index >= 15 is 0 Å². The van der Waals surface area contributed by atoms with Gasteiger partial charge >= 0.3 is 0 Å². The minimum absolute atomic E-state index is 0.316. The average molecular weight is 289 g/mol. The lowest BCUT2D eigenvalue weighted by atomic mass is 9.84. The van der Waals surface area contributed by atoms with Crippen LogP contribution in [0.15, 0.2) is 30.3 Å². The molecule has 1 aliphatic rings. The van der Waals surface area contributed by atoms with Crippen LogP contribution in [0.1, 0.15) is 43.5 Å². The minimum Gasteiger partial charge on any atom is -0.396 e. The SMILES string of the molecule is CC(NC1CCCCC1CO)c1cc2ccccc2s1. The highest BCUT2D eigenvalue weighted by Crippen LogP contribution is 2.32. The van der Waals surface area contributed by atoms with E-state index in [9.17, 15) is 5.11 Å². The lowest BCUT2D eigenvalue weighted by Gasteiger charge is -2.33. The first kappa shape index (κ1) is 14.1. The van der Waals surface area contributed by atoms with E-state index in [1.807, 2.05) is 11.3 Å². The molecule has 0 spiro atoms. The average Bonchev–Trinajstić information content (AvgIpc) is 2.92. The van der Waals surface area contributed by atoms with E-state index in [0.29, 0.717) is 24.6 Å². The second-order valence-corrected chi connectivity index (χ2v) is 7.02. The molecule has 20 heavy (non-hydrogen) atoms. The van der Waals surface area contributed by atoms with Crippen molar-refractivity contribution in [2.24, 2.45) is 5.92 Å². The molecule has 2 N–H and O–H groups in total. The Morgan fingerprint density at radius 3 is 2.90 bits per heavy atom. The number of benzene rings is 1. The van der Waals surface area contributed by atoms with Crippen molar-refractivity contribution < 1.29 is 5.11 Å². The van der Waals surface area contributed by atoms with Gasteiger partial charge in [0.05, 0.1) is 0 Å². The summed E-state index contributed by atoms with van der Waals surface area (Å²) in [5, 5.41) is 14.6. The summed E-state index contributed by atoms with van der Waals surface area (Å²) in [4.78, 5) is 1.40. The van der Waals surface area contributed by atoms with Crippen molar-refractivity contribution in [1.29, 1.82) is 0 Å². The Morgan fingerprint density at radius 2 is 2.10 bits per heavy atom. The van der Waals surface area contributed by atoms with Crippen LogP contribution in [-0.2, 0) is 0 Å². The van der Waals surface area contributed by atoms with Gasteiger partial charge < -0.3 is 10.4 Å². The summed E-state index contributed by atoms with van der Waals surface area (Å²) in [5.41, 5.74) is 0. The highest BCUT2D eigenvalue weighted by molar-refractivity contribution is 7.19. The third-order valence-corrected chi connectivity index (χ3v) is 5.78. The van der Waals surface area contributed by atoms with Gasteiger partial charge in [-0.3, -0.25) is 0 Å². The Labute approximate surface area is 124 Å². The van der Waals surface area contributed by atoms with Gasteiger partial charge in [0.2, 0.25) is 0 Å². The zero-order valence-corrected chi connectivity index (χ0v) is 12.8. The van der Waals surface area contributed by atoms with Crippen LogP contribution in [0.25, 0.3) is 10.1 Å². The van der Waals surface area contributed by atoms with E-state index in [1.54, 1.807) is 0 Å². The Kier molecular flexibility index (Phi) is 4.39. The van der Waals surface area contributed by atoms with Gasteiger partial charge in [-0.1, -0.05) is 31.0 Å². The summed E-state index contributed by atoms with van der Waals surface area (Å²) in [7, 11) is 0. The zero-order chi connectivity index (χ0) is 13.9. The number of aliphatic hydroxyl groups is 1. The molecule has 2 nitrogen and oxygen atoms in total. The van der Waals surface area contributed by atoms with Gasteiger partial charge in [-0.05, 0) is 43.2 Å². The Balaban J connectivity index is 1.73. The summed E-state index contributed by atoms with van der Waals surface area (Å²) in [6.07, 6.45) is 4.90. The lowest BCUT2D eigenvalue weighted by molar-refractivity contribution is 0.147. The number of nitrogens with one attached hydrogen (secondary N) is 1. The van der Waals surface area contributed by atoms with E-state index in [-0.39, 0.29) is 0 Å². The van der Waals surface area contributed by atoms with Gasteiger partial charge in [-0.25, -0.2) is 0 Å². The number of aliphatic hydroxyl groups excluding tert-OH is 1. The van der Waals surface area contributed by atoms with Crippen LogP contribution in [-0.4, -0.2) is 17.8 Å². The van der Waals surface area contributed by atoms with Crippen molar-refractivity contribution in [3.63, 3.8) is 0 Å². The largest absolute Gasteiger partial charge is 0.396 e. The highest BCUT2D eigenvalue weighted by atomic mass is 32.1. The maximum absolute atomic E-state index is 9.52. The molecule has 1 aromatic carbocycles. The van der Waals surface area contributed by atoms with Crippen LogP contribution in [0.5, 0.6) is 0 Å². The van der Waals surface area contributed by atoms with E-state index < -0.39 is 0 Å². The second-order valence-electron chi connectivity index (χ2n) is 5.91. The molecule has 1 heterocycles. The topological polar surface area (TPSA) is 32.3 Å². The van der Waals surface area contributed by atoms with Crippen LogP contribution in [0.3, 0.4) is 0 Å². The summed E-state index contributed by atoms with van der Waals surface area (Å²) in [6, 6.07) is 11.7. The van der Waals surface area contributed by atoms with Crippen LogP contribution in [0.4, 0.5) is 0 Å². The molecule has 0 bridgehead atoms. The van der Waals surface area contributed by atoms with Gasteiger partial charge in [0.15, 0.2) is 0 Å². The van der Waals surface area contributed by atoms with Crippen molar-refractivity contribution in [2.45, 2.75) is 44.7 Å². The van der Waals surface area contributed by atoms with Gasteiger partial charge in [-0.2, -0.15) is 0 Å². The molecule has 3 heteroatoms. The summed E-state index contributed by atoms with van der Waals surface area (Å²) in [6.45, 7) is 2.56. The Hall–Kier alpha value is -0.900. The number of fused-ring (bicyclic) bond motifs is 1. The monoisotopic (exact) mass is 289 g/mol. The van der Waals surface area contributed by atoms with E-state index in [2.05, 4.69) is 42.6 Å². The summed E-state index contributed by atoms with van der Waals surface area (Å²) >= 11 is 1.88. The summed E-state index contributed by atoms with van der Waals surface area (Å²) in [5.74, 6) is 0.431. The van der Waals surface area contributed by atoms with E-state index in [4.69, 9.17) is 0 Å². The van der Waals surface area contributed by atoms with Crippen molar-refractivity contribution in [2.75, 3.05) is 6.61 Å². The molecule has 1 saturated carbocycles. The van der Waals surface area contributed by atoms with Gasteiger partial charge in [0, 0.05) is 28.3 Å². The molecular weight excluding hydrogens is 266 g/mol. The molecule has 2 aromatic rings. The molecule has 1 aromatic heterocycles. The standard InChI is InChI=1S/C17H23NOS/c1-12(18-15-8-4-2-7-14(15)11-19)17-10-13-6-3-5-9-16(13)20-17/h3,5-6,9-10,12,14-15,18-19H,2,4,7-8,11H2,1H3. The quantitative estimate of drug-likeness (QED) is 0.888. The predicted octanol–water partition coefficient (Wildman–Crippen LogP) is 4.10. The van der Waals surface area contributed by atoms with Crippen LogP contribution in [0, 0.1) is 5.92 Å².